The number of nitrogens with zero attached hydrogens (tertiary/aromatic N) is 1. The van der Waals surface area contributed by atoms with Crippen molar-refractivity contribution >= 4 is 11.8 Å². The monoisotopic (exact) mass is 268 g/mol. The van der Waals surface area contributed by atoms with Gasteiger partial charge in [-0.2, -0.15) is 0 Å². The predicted octanol–water partition coefficient (Wildman–Crippen LogP) is 2.19. The maximum absolute atomic E-state index is 12.1. The van der Waals surface area contributed by atoms with Crippen LogP contribution in [-0.4, -0.2) is 36.3 Å². The van der Waals surface area contributed by atoms with Gasteiger partial charge < -0.3 is 10.2 Å². The summed E-state index contributed by atoms with van der Waals surface area (Å²) in [6.45, 7) is 10.1. The first-order chi connectivity index (χ1) is 8.86. The molecule has 0 aromatic carbocycles. The Balaban J connectivity index is 2.36. The normalized spacial score (nSPS) is 17.4. The van der Waals surface area contributed by atoms with Crippen LogP contribution in [0.5, 0.6) is 0 Å². The molecule has 1 N–H and O–H groups in total. The lowest BCUT2D eigenvalue weighted by Crippen LogP contribution is -2.46. The number of unbranched alkanes of at least 4 members (excludes halogenated alkanes) is 1. The van der Waals surface area contributed by atoms with E-state index in [1.165, 1.54) is 0 Å². The van der Waals surface area contributed by atoms with Gasteiger partial charge in [-0.1, -0.05) is 34.1 Å². The lowest BCUT2D eigenvalue weighted by Gasteiger charge is -2.35. The van der Waals surface area contributed by atoms with E-state index in [2.05, 4.69) is 12.2 Å². The molecule has 0 bridgehead atoms. The summed E-state index contributed by atoms with van der Waals surface area (Å²) in [5.41, 5.74) is -0.323. The predicted molar refractivity (Wildman–Crippen MR) is 76.7 cm³/mol. The van der Waals surface area contributed by atoms with E-state index in [-0.39, 0.29) is 23.1 Å². The fourth-order valence-electron chi connectivity index (χ4n) is 2.35. The molecule has 0 aliphatic carbocycles. The zero-order chi connectivity index (χ0) is 14.5. The van der Waals surface area contributed by atoms with Crippen LogP contribution < -0.4 is 5.32 Å². The van der Waals surface area contributed by atoms with Gasteiger partial charge in [0.1, 0.15) is 0 Å². The number of likely N-dealkylation sites (tertiary alicyclic amines) is 1. The number of carbonyl (C=O) groups excluding carboxylic acids is 2. The number of nitrogens with one attached hydrogen (secondary N) is 1. The molecule has 1 heterocycles. The van der Waals surface area contributed by atoms with Gasteiger partial charge >= 0.3 is 0 Å². The van der Waals surface area contributed by atoms with E-state index in [0.717, 1.165) is 32.2 Å². The lowest BCUT2D eigenvalue weighted by atomic mass is 9.90. The first kappa shape index (κ1) is 16.0. The molecule has 1 saturated heterocycles. The highest BCUT2D eigenvalue weighted by atomic mass is 16.2. The van der Waals surface area contributed by atoms with Gasteiger partial charge in [0.05, 0.1) is 0 Å². The minimum atomic E-state index is -0.323. The standard InChI is InChI=1S/C15H28N2O2/c1-5-6-9-16-13(18)12-7-10-17(11-8-12)14(19)15(2,3)4/h12H,5-11H2,1-4H3,(H,16,18). The van der Waals surface area contributed by atoms with Crippen LogP contribution in [0.25, 0.3) is 0 Å². The molecule has 0 atom stereocenters. The van der Waals surface area contributed by atoms with Crippen molar-refractivity contribution in [3.05, 3.63) is 0 Å². The van der Waals surface area contributed by atoms with Gasteiger partial charge in [0.25, 0.3) is 0 Å². The summed E-state index contributed by atoms with van der Waals surface area (Å²) in [7, 11) is 0. The summed E-state index contributed by atoms with van der Waals surface area (Å²) < 4.78 is 0. The van der Waals surface area contributed by atoms with E-state index < -0.39 is 0 Å². The molecule has 1 aliphatic heterocycles. The van der Waals surface area contributed by atoms with Gasteiger partial charge in [-0.3, -0.25) is 9.59 Å². The first-order valence-electron chi connectivity index (χ1n) is 7.43. The molecule has 110 valence electrons. The fourth-order valence-corrected chi connectivity index (χ4v) is 2.35. The second kappa shape index (κ2) is 6.92. The third-order valence-corrected chi connectivity index (χ3v) is 3.62. The molecule has 0 unspecified atom stereocenters. The van der Waals surface area contributed by atoms with E-state index >= 15 is 0 Å². The van der Waals surface area contributed by atoms with Gasteiger partial charge in [-0.05, 0) is 19.3 Å². The second-order valence-electron chi connectivity index (χ2n) is 6.46. The zero-order valence-corrected chi connectivity index (χ0v) is 12.8. The average Bonchev–Trinajstić information content (AvgIpc) is 2.37. The third kappa shape index (κ3) is 4.84. The molecule has 0 aromatic heterocycles. The Bertz CT molecular complexity index is 313. The number of piperidine rings is 1. The Kier molecular flexibility index (Phi) is 5.83. The summed E-state index contributed by atoms with van der Waals surface area (Å²) in [4.78, 5) is 26.0. The van der Waals surface area contributed by atoms with Crippen LogP contribution in [0.2, 0.25) is 0 Å². The van der Waals surface area contributed by atoms with Gasteiger partial charge in [-0.15, -0.1) is 0 Å². The Morgan fingerprint density at radius 3 is 2.26 bits per heavy atom. The Labute approximate surface area is 116 Å². The molecule has 1 rings (SSSR count). The molecular weight excluding hydrogens is 240 g/mol. The van der Waals surface area contributed by atoms with Crippen LogP contribution in [0.3, 0.4) is 0 Å². The number of hydrogen-bond acceptors (Lipinski definition) is 2. The van der Waals surface area contributed by atoms with Gasteiger partial charge in [0, 0.05) is 31.0 Å². The first-order valence-corrected chi connectivity index (χ1v) is 7.43. The van der Waals surface area contributed by atoms with Crippen LogP contribution in [0, 0.1) is 11.3 Å². The van der Waals surface area contributed by atoms with E-state index in [9.17, 15) is 9.59 Å². The van der Waals surface area contributed by atoms with Gasteiger partial charge in [0.15, 0.2) is 0 Å². The highest BCUT2D eigenvalue weighted by Crippen LogP contribution is 2.23. The van der Waals surface area contributed by atoms with E-state index in [1.54, 1.807) is 0 Å². The molecule has 0 radical (unpaired) electrons. The summed E-state index contributed by atoms with van der Waals surface area (Å²) >= 11 is 0. The van der Waals surface area contributed by atoms with Crippen molar-refractivity contribution in [1.82, 2.24) is 10.2 Å². The molecule has 0 saturated carbocycles. The summed E-state index contributed by atoms with van der Waals surface area (Å²) in [6.07, 6.45) is 3.71. The van der Waals surface area contributed by atoms with Crippen molar-refractivity contribution in [3.63, 3.8) is 0 Å². The van der Waals surface area contributed by atoms with Crippen LogP contribution in [0.4, 0.5) is 0 Å². The average molecular weight is 268 g/mol. The van der Waals surface area contributed by atoms with Crippen molar-refractivity contribution < 1.29 is 9.59 Å². The maximum Gasteiger partial charge on any atom is 0.227 e. The Morgan fingerprint density at radius 2 is 1.79 bits per heavy atom. The number of amides is 2. The van der Waals surface area contributed by atoms with Crippen LogP contribution >= 0.6 is 0 Å². The summed E-state index contributed by atoms with van der Waals surface area (Å²) in [5.74, 6) is 0.439. The second-order valence-corrected chi connectivity index (χ2v) is 6.46. The third-order valence-electron chi connectivity index (χ3n) is 3.62. The Morgan fingerprint density at radius 1 is 1.21 bits per heavy atom. The molecule has 0 aromatic rings. The highest BCUT2D eigenvalue weighted by Gasteiger charge is 2.32. The van der Waals surface area contributed by atoms with Gasteiger partial charge in [-0.25, -0.2) is 0 Å². The largest absolute Gasteiger partial charge is 0.356 e. The van der Waals surface area contributed by atoms with Crippen LogP contribution in [-0.2, 0) is 9.59 Å². The molecule has 19 heavy (non-hydrogen) atoms. The molecule has 2 amide bonds. The molecule has 1 aliphatic rings. The fraction of sp³-hybridized carbons (Fsp3) is 0.867. The molecule has 4 nitrogen and oxygen atoms in total. The van der Waals surface area contributed by atoms with Crippen LogP contribution in [0.15, 0.2) is 0 Å². The minimum Gasteiger partial charge on any atom is -0.356 e. The molecule has 4 heteroatoms. The molecule has 1 fully saturated rings. The van der Waals surface area contributed by atoms with Crippen molar-refractivity contribution in [2.75, 3.05) is 19.6 Å². The molecular formula is C15H28N2O2. The zero-order valence-electron chi connectivity index (χ0n) is 12.8. The smallest absolute Gasteiger partial charge is 0.227 e. The maximum atomic E-state index is 12.1. The summed E-state index contributed by atoms with van der Waals surface area (Å²) in [6, 6.07) is 0. The lowest BCUT2D eigenvalue weighted by molar-refractivity contribution is -0.142. The highest BCUT2D eigenvalue weighted by molar-refractivity contribution is 5.82. The molecule has 0 spiro atoms. The number of carbonyl (C=O) groups is 2. The van der Waals surface area contributed by atoms with Crippen molar-refractivity contribution in [2.45, 2.75) is 53.4 Å². The Hall–Kier alpha value is -1.06. The SMILES string of the molecule is CCCCNC(=O)C1CCN(C(=O)C(C)(C)C)CC1. The minimum absolute atomic E-state index is 0.0841. The van der Waals surface area contributed by atoms with E-state index in [0.29, 0.717) is 13.1 Å². The van der Waals surface area contributed by atoms with Crippen molar-refractivity contribution in [3.8, 4) is 0 Å². The van der Waals surface area contributed by atoms with Crippen molar-refractivity contribution in [1.29, 1.82) is 0 Å². The number of rotatable bonds is 4. The van der Waals surface area contributed by atoms with E-state index in [1.807, 2.05) is 25.7 Å². The van der Waals surface area contributed by atoms with Gasteiger partial charge in [0.2, 0.25) is 11.8 Å². The summed E-state index contributed by atoms with van der Waals surface area (Å²) in [5, 5.41) is 2.99. The van der Waals surface area contributed by atoms with Crippen molar-refractivity contribution in [2.24, 2.45) is 11.3 Å². The quantitative estimate of drug-likeness (QED) is 0.795. The topological polar surface area (TPSA) is 49.4 Å². The number of hydrogen-bond donors (Lipinski definition) is 1. The van der Waals surface area contributed by atoms with Crippen LogP contribution in [0.1, 0.15) is 53.4 Å². The van der Waals surface area contributed by atoms with E-state index in [4.69, 9.17) is 0 Å².